The van der Waals surface area contributed by atoms with Crippen molar-refractivity contribution in [1.82, 2.24) is 15.1 Å². The lowest BCUT2D eigenvalue weighted by Gasteiger charge is -2.20. The zero-order valence-corrected chi connectivity index (χ0v) is 12.6. The molecule has 6 nitrogen and oxygen atoms in total. The molecule has 1 aliphatic rings. The molecule has 1 atom stereocenters. The Bertz CT molecular complexity index is 321. The highest BCUT2D eigenvalue weighted by Gasteiger charge is 2.26. The van der Waals surface area contributed by atoms with Crippen LogP contribution in [0.5, 0.6) is 0 Å². The molecule has 2 amide bonds. The Morgan fingerprint density at radius 1 is 1.25 bits per heavy atom. The predicted molar refractivity (Wildman–Crippen MR) is 77.8 cm³/mol. The Morgan fingerprint density at radius 3 is 2.55 bits per heavy atom. The molecule has 0 aromatic carbocycles. The van der Waals surface area contributed by atoms with Gasteiger partial charge in [0.25, 0.3) is 0 Å². The van der Waals surface area contributed by atoms with Gasteiger partial charge in [-0.15, -0.1) is 0 Å². The number of likely N-dealkylation sites (tertiary alicyclic amines) is 1. The van der Waals surface area contributed by atoms with Crippen LogP contribution in [0.3, 0.4) is 0 Å². The summed E-state index contributed by atoms with van der Waals surface area (Å²) in [7, 11) is 4.09. The van der Waals surface area contributed by atoms with E-state index < -0.39 is 5.97 Å². The largest absolute Gasteiger partial charge is 0.481 e. The molecule has 0 aromatic heterocycles. The number of rotatable bonds is 8. The summed E-state index contributed by atoms with van der Waals surface area (Å²) in [5, 5.41) is 11.4. The zero-order valence-electron chi connectivity index (χ0n) is 12.6. The highest BCUT2D eigenvalue weighted by molar-refractivity contribution is 5.74. The van der Waals surface area contributed by atoms with E-state index in [4.69, 9.17) is 5.11 Å². The predicted octanol–water partition coefficient (Wildman–Crippen LogP) is 1.37. The van der Waals surface area contributed by atoms with E-state index in [2.05, 4.69) is 10.2 Å². The number of unbranched alkanes of at least 4 members (excludes halogenated alkanes) is 3. The van der Waals surface area contributed by atoms with E-state index in [1.165, 1.54) is 0 Å². The van der Waals surface area contributed by atoms with Crippen LogP contribution in [0.4, 0.5) is 4.79 Å². The molecule has 0 bridgehead atoms. The number of carboxylic acid groups (broad SMARTS) is 1. The van der Waals surface area contributed by atoms with Crippen LogP contribution in [-0.2, 0) is 4.79 Å². The Kier molecular flexibility index (Phi) is 7.36. The minimum Gasteiger partial charge on any atom is -0.481 e. The first-order valence-electron chi connectivity index (χ1n) is 7.41. The number of urea groups is 1. The quantitative estimate of drug-likeness (QED) is 0.661. The first-order chi connectivity index (χ1) is 9.50. The van der Waals surface area contributed by atoms with Crippen LogP contribution < -0.4 is 5.32 Å². The standard InChI is InChI=1S/C14H27N3O3/c1-16(2)12-8-10-17(11-12)14(20)15-9-6-4-3-5-7-13(18)19/h12H,3-11H2,1-2H3,(H,15,20)(H,18,19). The van der Waals surface area contributed by atoms with Crippen molar-refractivity contribution in [2.45, 2.75) is 44.6 Å². The van der Waals surface area contributed by atoms with Crippen LogP contribution in [-0.4, -0.2) is 66.7 Å². The third kappa shape index (κ3) is 6.23. The fraction of sp³-hybridized carbons (Fsp3) is 0.857. The summed E-state index contributed by atoms with van der Waals surface area (Å²) < 4.78 is 0. The van der Waals surface area contributed by atoms with Gasteiger partial charge >= 0.3 is 12.0 Å². The van der Waals surface area contributed by atoms with Gasteiger partial charge in [-0.1, -0.05) is 12.8 Å². The summed E-state index contributed by atoms with van der Waals surface area (Å²) in [6.45, 7) is 2.31. The maximum absolute atomic E-state index is 11.9. The summed E-state index contributed by atoms with van der Waals surface area (Å²) in [6, 6.07) is 0.497. The third-order valence-electron chi connectivity index (χ3n) is 3.77. The van der Waals surface area contributed by atoms with Crippen molar-refractivity contribution >= 4 is 12.0 Å². The van der Waals surface area contributed by atoms with Gasteiger partial charge in [0.05, 0.1) is 0 Å². The van der Waals surface area contributed by atoms with Gasteiger partial charge in [-0.3, -0.25) is 4.79 Å². The number of hydrogen-bond donors (Lipinski definition) is 2. The Balaban J connectivity index is 2.02. The molecule has 1 fully saturated rings. The molecular weight excluding hydrogens is 258 g/mol. The summed E-state index contributed by atoms with van der Waals surface area (Å²) in [5.41, 5.74) is 0. The van der Waals surface area contributed by atoms with Crippen molar-refractivity contribution in [3.05, 3.63) is 0 Å². The van der Waals surface area contributed by atoms with Gasteiger partial charge in [-0.25, -0.2) is 4.79 Å². The normalized spacial score (nSPS) is 18.6. The average Bonchev–Trinajstić information content (AvgIpc) is 2.86. The lowest BCUT2D eigenvalue weighted by Crippen LogP contribution is -2.40. The van der Waals surface area contributed by atoms with Gasteiger partial charge < -0.3 is 20.2 Å². The van der Waals surface area contributed by atoms with E-state index in [0.29, 0.717) is 12.6 Å². The SMILES string of the molecule is CN(C)C1CCN(C(=O)NCCCCCCC(=O)O)C1. The van der Waals surface area contributed by atoms with Crippen LogP contribution in [0.2, 0.25) is 0 Å². The Morgan fingerprint density at radius 2 is 1.95 bits per heavy atom. The monoisotopic (exact) mass is 285 g/mol. The number of carboxylic acids is 1. The number of nitrogens with one attached hydrogen (secondary N) is 1. The second-order valence-electron chi connectivity index (χ2n) is 5.64. The molecule has 116 valence electrons. The van der Waals surface area contributed by atoms with E-state index >= 15 is 0 Å². The molecule has 20 heavy (non-hydrogen) atoms. The Labute approximate surface area is 121 Å². The number of nitrogens with zero attached hydrogens (tertiary/aromatic N) is 2. The highest BCUT2D eigenvalue weighted by atomic mass is 16.4. The summed E-state index contributed by atoms with van der Waals surface area (Å²) in [4.78, 5) is 26.3. The molecule has 1 saturated heterocycles. The van der Waals surface area contributed by atoms with E-state index in [0.717, 1.165) is 45.2 Å². The number of hydrogen-bond acceptors (Lipinski definition) is 3. The molecule has 1 rings (SSSR count). The van der Waals surface area contributed by atoms with Crippen molar-refractivity contribution in [2.24, 2.45) is 0 Å². The molecule has 1 aliphatic heterocycles. The number of carbonyl (C=O) groups excluding carboxylic acids is 1. The molecule has 0 saturated carbocycles. The van der Waals surface area contributed by atoms with Gasteiger partial charge in [0.1, 0.15) is 0 Å². The second kappa shape index (κ2) is 8.79. The zero-order chi connectivity index (χ0) is 15.0. The van der Waals surface area contributed by atoms with Crippen LogP contribution in [0.15, 0.2) is 0 Å². The van der Waals surface area contributed by atoms with Crippen molar-refractivity contribution < 1.29 is 14.7 Å². The maximum Gasteiger partial charge on any atom is 0.317 e. The molecule has 6 heteroatoms. The first kappa shape index (κ1) is 16.8. The van der Waals surface area contributed by atoms with Crippen molar-refractivity contribution in [2.75, 3.05) is 33.7 Å². The molecule has 0 radical (unpaired) electrons. The highest BCUT2D eigenvalue weighted by Crippen LogP contribution is 2.13. The fourth-order valence-electron chi connectivity index (χ4n) is 2.41. The minimum atomic E-state index is -0.734. The van der Waals surface area contributed by atoms with Gasteiger partial charge in [-0.2, -0.15) is 0 Å². The van der Waals surface area contributed by atoms with Crippen molar-refractivity contribution in [3.8, 4) is 0 Å². The second-order valence-corrected chi connectivity index (χ2v) is 5.64. The van der Waals surface area contributed by atoms with E-state index in [-0.39, 0.29) is 12.5 Å². The lowest BCUT2D eigenvalue weighted by atomic mass is 10.1. The van der Waals surface area contributed by atoms with Crippen molar-refractivity contribution in [3.63, 3.8) is 0 Å². The van der Waals surface area contributed by atoms with Gasteiger partial charge in [0, 0.05) is 32.1 Å². The average molecular weight is 285 g/mol. The topological polar surface area (TPSA) is 72.9 Å². The maximum atomic E-state index is 11.9. The molecule has 1 unspecified atom stereocenters. The first-order valence-corrected chi connectivity index (χ1v) is 7.41. The summed E-state index contributed by atoms with van der Waals surface area (Å²) in [6.07, 6.45) is 4.79. The smallest absolute Gasteiger partial charge is 0.317 e. The molecular formula is C14H27N3O3. The van der Waals surface area contributed by atoms with Gasteiger partial charge in [0.2, 0.25) is 0 Å². The van der Waals surface area contributed by atoms with Crippen LogP contribution >= 0.6 is 0 Å². The number of likely N-dealkylation sites (N-methyl/N-ethyl adjacent to an activating group) is 1. The summed E-state index contributed by atoms with van der Waals surface area (Å²) >= 11 is 0. The number of amides is 2. The number of aliphatic carboxylic acids is 1. The molecule has 0 aromatic rings. The number of carbonyl (C=O) groups is 2. The third-order valence-corrected chi connectivity index (χ3v) is 3.77. The van der Waals surface area contributed by atoms with Crippen LogP contribution in [0.25, 0.3) is 0 Å². The van der Waals surface area contributed by atoms with Crippen LogP contribution in [0, 0.1) is 0 Å². The molecule has 0 aliphatic carbocycles. The van der Waals surface area contributed by atoms with Crippen LogP contribution in [0.1, 0.15) is 38.5 Å². The van der Waals surface area contributed by atoms with E-state index in [1.807, 2.05) is 19.0 Å². The Hall–Kier alpha value is -1.30. The van der Waals surface area contributed by atoms with E-state index in [9.17, 15) is 9.59 Å². The van der Waals surface area contributed by atoms with Crippen molar-refractivity contribution in [1.29, 1.82) is 0 Å². The lowest BCUT2D eigenvalue weighted by molar-refractivity contribution is -0.137. The van der Waals surface area contributed by atoms with Gasteiger partial charge in [0.15, 0.2) is 0 Å². The molecule has 1 heterocycles. The fourth-order valence-corrected chi connectivity index (χ4v) is 2.41. The summed E-state index contributed by atoms with van der Waals surface area (Å²) in [5.74, 6) is -0.734. The van der Waals surface area contributed by atoms with Gasteiger partial charge in [-0.05, 0) is 33.4 Å². The molecule has 2 N–H and O–H groups in total. The minimum absolute atomic E-state index is 0.0277. The molecule has 0 spiro atoms. The van der Waals surface area contributed by atoms with E-state index in [1.54, 1.807) is 0 Å².